The van der Waals surface area contributed by atoms with E-state index in [-0.39, 0.29) is 13.5 Å². The number of nitroso groups, excluding NO2 is 1. The molecule has 0 aromatic carbocycles. The third-order valence-corrected chi connectivity index (χ3v) is 0. The summed E-state index contributed by atoms with van der Waals surface area (Å²) < 4.78 is 0. The molecule has 0 aromatic heterocycles. The molecule has 4 heavy (non-hydrogen) atoms. The number of hydrogen-bond donors (Lipinski definition) is 1. The van der Waals surface area contributed by atoms with Gasteiger partial charge >= 0.3 is 0 Å². The monoisotopic (exact) mass is 80.0 g/mol. The molecule has 2 N–H and O–H groups in total. The highest BCUT2D eigenvalue weighted by Gasteiger charge is 1.14. The van der Waals surface area contributed by atoms with Gasteiger partial charge < -0.3 is 0 Å². The number of hydrogen-bond acceptors (Lipinski definition) is 2. The van der Waals surface area contributed by atoms with Gasteiger partial charge in [-0.3, -0.25) is 5.84 Å². The van der Waals surface area contributed by atoms with Crippen LogP contribution in [0.25, 0.3) is 0 Å². The topological polar surface area (TPSA) is 55.4 Å². The molecule has 0 aliphatic rings. The van der Waals surface area contributed by atoms with E-state index >= 15 is 0 Å². The van der Waals surface area contributed by atoms with Crippen LogP contribution in [-0.4, -0.2) is 0 Å². The van der Waals surface area contributed by atoms with Gasteiger partial charge in [-0.25, -0.2) is 0 Å². The molecule has 0 fully saturated rings. The van der Waals surface area contributed by atoms with Crippen molar-refractivity contribution in [3.05, 3.63) is 4.91 Å². The molecular weight excluding hydrogens is 76.1 g/mol. The van der Waals surface area contributed by atoms with Gasteiger partial charge in [0, 0.05) is 5.29 Å². The summed E-state index contributed by atoms with van der Waals surface area (Å²) in [6, 6.07) is 0. The van der Waals surface area contributed by atoms with Gasteiger partial charge in [0.25, 0.3) is 0 Å². The lowest BCUT2D eigenvalue weighted by molar-refractivity contribution is 1.23. The Balaban J connectivity index is 0. The second-order valence-corrected chi connectivity index (χ2v) is 0.105. The van der Waals surface area contributed by atoms with E-state index in [1.54, 1.807) is 5.29 Å². The van der Waals surface area contributed by atoms with E-state index in [1.807, 2.05) is 0 Å². The van der Waals surface area contributed by atoms with Crippen LogP contribution in [0, 0.1) is 4.91 Å². The standard InChI is InChI=1S/H2N2O.H2S/c1-2-3;/h(H2,1,3);1H2. The van der Waals surface area contributed by atoms with Crippen LogP contribution in [0.2, 0.25) is 0 Å². The maximum absolute atomic E-state index is 8.33. The second kappa shape index (κ2) is 15.0. The quantitative estimate of drug-likeness (QED) is 0.247. The Morgan fingerprint density at radius 3 is 1.75 bits per heavy atom. The lowest BCUT2D eigenvalue weighted by Crippen LogP contribution is -1.66. The summed E-state index contributed by atoms with van der Waals surface area (Å²) in [4.78, 5) is 8.33. The van der Waals surface area contributed by atoms with Gasteiger partial charge in [0.05, 0.1) is 0 Å². The minimum Gasteiger partial charge on any atom is -0.287 e. The number of rotatable bonds is 0. The summed E-state index contributed by atoms with van der Waals surface area (Å²) in [5, 5.41) is 1.75. The summed E-state index contributed by atoms with van der Waals surface area (Å²) in [5.41, 5.74) is 0. The largest absolute Gasteiger partial charge is 0.287 e. The molecule has 0 aromatic rings. The molecule has 0 aliphatic carbocycles. The third-order valence-electron chi connectivity index (χ3n) is 0. The van der Waals surface area contributed by atoms with Crippen molar-refractivity contribution < 1.29 is 0 Å². The van der Waals surface area contributed by atoms with E-state index in [1.165, 1.54) is 0 Å². The number of nitrogens with two attached hydrogens (primary N) is 1. The van der Waals surface area contributed by atoms with E-state index in [9.17, 15) is 0 Å². The minimum absolute atomic E-state index is 0. The first kappa shape index (κ1) is 9.26. The van der Waals surface area contributed by atoms with Crippen LogP contribution < -0.4 is 5.84 Å². The highest BCUT2D eigenvalue weighted by Crippen LogP contribution is 1.12. The summed E-state index contributed by atoms with van der Waals surface area (Å²) >= 11 is 0. The predicted molar refractivity (Wildman–Crippen MR) is 20.4 cm³/mol. The van der Waals surface area contributed by atoms with Crippen molar-refractivity contribution >= 4 is 13.5 Å². The van der Waals surface area contributed by atoms with E-state index in [0.717, 1.165) is 0 Å². The molecule has 0 spiro atoms. The van der Waals surface area contributed by atoms with Crippen molar-refractivity contribution in [2.24, 2.45) is 11.1 Å². The van der Waals surface area contributed by atoms with E-state index in [2.05, 4.69) is 5.84 Å². The molecule has 0 unspecified atom stereocenters. The Kier molecular flexibility index (Phi) is 34.7. The molecule has 0 rings (SSSR count). The Hall–Kier alpha value is -0.250. The third kappa shape index (κ3) is 15.7. The lowest BCUT2D eigenvalue weighted by atomic mass is 12.9. The van der Waals surface area contributed by atoms with Crippen LogP contribution in [0.15, 0.2) is 5.29 Å². The molecule has 4 heteroatoms. The molecule has 0 aliphatic heterocycles. The van der Waals surface area contributed by atoms with Crippen LogP contribution in [0.5, 0.6) is 0 Å². The molecule has 0 saturated heterocycles. The highest BCUT2D eigenvalue weighted by atomic mass is 32.1. The van der Waals surface area contributed by atoms with Crippen LogP contribution in [0.1, 0.15) is 0 Å². The van der Waals surface area contributed by atoms with Gasteiger partial charge in [-0.2, -0.15) is 13.5 Å². The Bertz CT molecular complexity index is 13.5. The van der Waals surface area contributed by atoms with Gasteiger partial charge in [-0.05, 0) is 0 Å². The Morgan fingerprint density at radius 2 is 1.75 bits per heavy atom. The predicted octanol–water partition coefficient (Wildman–Crippen LogP) is -0.261. The SMILES string of the molecule is NN=O.S. The van der Waals surface area contributed by atoms with Crippen molar-refractivity contribution in [2.45, 2.75) is 0 Å². The van der Waals surface area contributed by atoms with Gasteiger partial charge in [-0.15, -0.1) is 4.91 Å². The van der Waals surface area contributed by atoms with E-state index < -0.39 is 0 Å². The van der Waals surface area contributed by atoms with Gasteiger partial charge in [-0.1, -0.05) is 0 Å². The van der Waals surface area contributed by atoms with E-state index in [4.69, 9.17) is 4.91 Å². The van der Waals surface area contributed by atoms with Crippen molar-refractivity contribution in [3.8, 4) is 0 Å². The first-order chi connectivity index (χ1) is 1.41. The Labute approximate surface area is 30.6 Å². The molecule has 0 radical (unpaired) electrons. The van der Waals surface area contributed by atoms with Crippen LogP contribution in [-0.2, 0) is 0 Å². The summed E-state index contributed by atoms with van der Waals surface area (Å²) in [7, 11) is 0. The van der Waals surface area contributed by atoms with Crippen molar-refractivity contribution in [1.82, 2.24) is 0 Å². The fraction of sp³-hybridized carbons (Fsp3) is 0. The van der Waals surface area contributed by atoms with Crippen molar-refractivity contribution in [1.29, 1.82) is 0 Å². The zero-order chi connectivity index (χ0) is 2.71. The molecular formula is H4N2OS. The summed E-state index contributed by atoms with van der Waals surface area (Å²) in [6.07, 6.45) is 0. The maximum atomic E-state index is 8.33. The normalized spacial score (nSPS) is 3.00. The summed E-state index contributed by atoms with van der Waals surface area (Å²) in [5.74, 6) is 3.92. The molecule has 0 amide bonds. The van der Waals surface area contributed by atoms with Crippen molar-refractivity contribution in [2.75, 3.05) is 0 Å². The van der Waals surface area contributed by atoms with Crippen LogP contribution in [0.4, 0.5) is 0 Å². The molecule has 0 atom stereocenters. The first-order valence-corrected chi connectivity index (χ1v) is 0.441. The smallest absolute Gasteiger partial charge is 0.0468 e. The van der Waals surface area contributed by atoms with E-state index in [0.29, 0.717) is 0 Å². The molecule has 26 valence electrons. The molecule has 0 saturated carbocycles. The fourth-order valence-electron chi connectivity index (χ4n) is 0. The van der Waals surface area contributed by atoms with Gasteiger partial charge in [0.1, 0.15) is 0 Å². The molecule has 3 nitrogen and oxygen atoms in total. The van der Waals surface area contributed by atoms with Crippen molar-refractivity contribution in [3.63, 3.8) is 0 Å². The average molecular weight is 80.1 g/mol. The average Bonchev–Trinajstić information content (AvgIpc) is 0.918. The second-order valence-electron chi connectivity index (χ2n) is 0.105. The fourth-order valence-corrected chi connectivity index (χ4v) is 0. The molecule has 0 bridgehead atoms. The zero-order valence-electron chi connectivity index (χ0n) is 1.93. The first-order valence-electron chi connectivity index (χ1n) is 0.441. The van der Waals surface area contributed by atoms with Crippen LogP contribution >= 0.6 is 13.5 Å². The van der Waals surface area contributed by atoms with Gasteiger partial charge in [0.15, 0.2) is 0 Å². The molecule has 0 heterocycles. The minimum atomic E-state index is 0. The van der Waals surface area contributed by atoms with Crippen LogP contribution in [0.3, 0.4) is 0 Å². The highest BCUT2D eigenvalue weighted by molar-refractivity contribution is 7.59. The summed E-state index contributed by atoms with van der Waals surface area (Å²) in [6.45, 7) is 0. The number of nitrogens with zero attached hydrogens (tertiary/aromatic N) is 1. The Morgan fingerprint density at radius 1 is 1.75 bits per heavy atom. The lowest BCUT2D eigenvalue weighted by Gasteiger charge is -1.33. The maximum Gasteiger partial charge on any atom is 0.0468 e. The van der Waals surface area contributed by atoms with Gasteiger partial charge in [0.2, 0.25) is 0 Å². The zero-order valence-corrected chi connectivity index (χ0v) is 2.93.